The van der Waals surface area contributed by atoms with E-state index in [1.54, 1.807) is 32.2 Å². The summed E-state index contributed by atoms with van der Waals surface area (Å²) in [7, 11) is 1.54. The van der Waals surface area contributed by atoms with Crippen molar-refractivity contribution >= 4 is 11.7 Å². The van der Waals surface area contributed by atoms with Crippen LogP contribution in [0.5, 0.6) is 17.2 Å². The molecule has 1 aromatic heterocycles. The smallest absolute Gasteiger partial charge is 0.266 e. The fourth-order valence-corrected chi connectivity index (χ4v) is 2.57. The molecule has 3 aromatic rings. The first kappa shape index (κ1) is 20.2. The topological polar surface area (TPSA) is 95.7 Å². The van der Waals surface area contributed by atoms with Crippen LogP contribution in [-0.2, 0) is 4.79 Å². The van der Waals surface area contributed by atoms with Crippen LogP contribution in [0.3, 0.4) is 0 Å². The lowest BCUT2D eigenvalue weighted by molar-refractivity contribution is -0.122. The Bertz CT molecular complexity index is 939. The molecule has 1 amide bonds. The number of ether oxygens (including phenoxy) is 3. The van der Waals surface area contributed by atoms with Crippen LogP contribution in [0.2, 0.25) is 0 Å². The van der Waals surface area contributed by atoms with Gasteiger partial charge in [0.25, 0.3) is 5.91 Å². The second kappa shape index (κ2) is 9.59. The Morgan fingerprint density at radius 3 is 2.52 bits per heavy atom. The number of hydrogen-bond donors (Lipinski definition) is 1. The van der Waals surface area contributed by atoms with Crippen molar-refractivity contribution in [2.45, 2.75) is 26.4 Å². The molecular weight excluding hydrogens is 374 g/mol. The van der Waals surface area contributed by atoms with E-state index in [1.807, 2.05) is 37.3 Å². The maximum atomic E-state index is 12.6. The highest BCUT2D eigenvalue weighted by molar-refractivity contribution is 5.96. The molecule has 152 valence electrons. The molecule has 3 rings (SSSR count). The lowest BCUT2D eigenvalue weighted by Gasteiger charge is -2.16. The van der Waals surface area contributed by atoms with Gasteiger partial charge in [0.2, 0.25) is 5.82 Å². The molecule has 29 heavy (non-hydrogen) atoms. The molecular formula is C21H23N3O5. The molecule has 0 spiro atoms. The van der Waals surface area contributed by atoms with Crippen LogP contribution in [-0.4, -0.2) is 36.0 Å². The van der Waals surface area contributed by atoms with E-state index < -0.39 is 12.0 Å². The van der Waals surface area contributed by atoms with E-state index in [-0.39, 0.29) is 5.82 Å². The van der Waals surface area contributed by atoms with Crippen LogP contribution in [0.1, 0.15) is 20.3 Å². The number of para-hydroxylation sites is 2. The summed E-state index contributed by atoms with van der Waals surface area (Å²) in [5, 5.41) is 10.4. The minimum atomic E-state index is -0.791. The molecule has 8 nitrogen and oxygen atoms in total. The van der Waals surface area contributed by atoms with E-state index >= 15 is 0 Å². The molecule has 2 aromatic carbocycles. The Labute approximate surface area is 168 Å². The first-order valence-corrected chi connectivity index (χ1v) is 9.28. The fraction of sp³-hybridized carbons (Fsp3) is 0.286. The number of methoxy groups -OCH3 is 1. The summed E-state index contributed by atoms with van der Waals surface area (Å²) in [6.07, 6.45) is 0.140. The fourth-order valence-electron chi connectivity index (χ4n) is 2.57. The minimum absolute atomic E-state index is 0.215. The lowest BCUT2D eigenvalue weighted by Crippen LogP contribution is -2.30. The van der Waals surface area contributed by atoms with Gasteiger partial charge in [-0.1, -0.05) is 19.1 Å². The number of amides is 1. The van der Waals surface area contributed by atoms with Crippen LogP contribution in [0.4, 0.5) is 5.82 Å². The monoisotopic (exact) mass is 397 g/mol. The van der Waals surface area contributed by atoms with Crippen LogP contribution in [0, 0.1) is 0 Å². The third-order valence-corrected chi connectivity index (χ3v) is 4.07. The highest BCUT2D eigenvalue weighted by atomic mass is 16.6. The summed E-state index contributed by atoms with van der Waals surface area (Å²) in [6.45, 7) is 4.33. The molecule has 0 aliphatic rings. The molecule has 0 saturated carbocycles. The second-order valence-electron chi connectivity index (χ2n) is 6.23. The van der Waals surface area contributed by atoms with E-state index in [4.69, 9.17) is 18.8 Å². The molecule has 1 heterocycles. The first-order chi connectivity index (χ1) is 14.1. The van der Waals surface area contributed by atoms with E-state index in [9.17, 15) is 4.79 Å². The van der Waals surface area contributed by atoms with Crippen LogP contribution >= 0.6 is 0 Å². The number of carbonyl (C=O) groups is 1. The van der Waals surface area contributed by atoms with Crippen molar-refractivity contribution in [2.24, 2.45) is 0 Å². The number of anilines is 1. The number of nitrogens with one attached hydrogen (secondary N) is 1. The maximum Gasteiger partial charge on any atom is 0.266 e. The van der Waals surface area contributed by atoms with Crippen molar-refractivity contribution in [3.63, 3.8) is 0 Å². The van der Waals surface area contributed by atoms with Gasteiger partial charge in [-0.3, -0.25) is 4.79 Å². The highest BCUT2D eigenvalue weighted by Crippen LogP contribution is 2.28. The molecule has 0 unspecified atom stereocenters. The third kappa shape index (κ3) is 5.04. The number of aromatic nitrogens is 2. The van der Waals surface area contributed by atoms with Crippen LogP contribution < -0.4 is 19.5 Å². The normalized spacial score (nSPS) is 11.6. The van der Waals surface area contributed by atoms with Crippen molar-refractivity contribution in [3.8, 4) is 28.5 Å². The lowest BCUT2D eigenvalue weighted by atomic mass is 10.1. The van der Waals surface area contributed by atoms with Crippen molar-refractivity contribution in [2.75, 3.05) is 19.0 Å². The van der Waals surface area contributed by atoms with Crippen molar-refractivity contribution < 1.29 is 23.6 Å². The number of hydrogen-bond acceptors (Lipinski definition) is 7. The Balaban J connectivity index is 1.68. The van der Waals surface area contributed by atoms with Crippen molar-refractivity contribution in [1.29, 1.82) is 0 Å². The number of nitrogens with zero attached hydrogens (tertiary/aromatic N) is 2. The van der Waals surface area contributed by atoms with Gasteiger partial charge in [-0.25, -0.2) is 4.63 Å². The zero-order chi connectivity index (χ0) is 20.6. The second-order valence-corrected chi connectivity index (χ2v) is 6.23. The minimum Gasteiger partial charge on any atom is -0.494 e. The molecule has 0 saturated heterocycles. The van der Waals surface area contributed by atoms with E-state index in [0.717, 1.165) is 17.7 Å². The van der Waals surface area contributed by atoms with Gasteiger partial charge in [0, 0.05) is 5.56 Å². The number of carbonyl (C=O) groups excluding carboxylic acids is 1. The maximum absolute atomic E-state index is 12.6. The van der Waals surface area contributed by atoms with E-state index in [1.165, 1.54) is 0 Å². The van der Waals surface area contributed by atoms with Gasteiger partial charge in [-0.15, -0.1) is 0 Å². The Morgan fingerprint density at radius 2 is 1.83 bits per heavy atom. The van der Waals surface area contributed by atoms with E-state index in [2.05, 4.69) is 15.6 Å². The molecule has 0 fully saturated rings. The van der Waals surface area contributed by atoms with Gasteiger partial charge in [0.1, 0.15) is 5.75 Å². The molecule has 0 aliphatic carbocycles. The Hall–Kier alpha value is -3.55. The third-order valence-electron chi connectivity index (χ3n) is 4.07. The molecule has 0 aliphatic heterocycles. The zero-order valence-corrected chi connectivity index (χ0v) is 16.5. The average Bonchev–Trinajstić information content (AvgIpc) is 3.21. The average molecular weight is 397 g/mol. The van der Waals surface area contributed by atoms with Gasteiger partial charge >= 0.3 is 0 Å². The predicted octanol–water partition coefficient (Wildman–Crippen LogP) is 3.94. The molecule has 1 atom stereocenters. The van der Waals surface area contributed by atoms with Crippen molar-refractivity contribution in [3.05, 3.63) is 48.5 Å². The molecule has 8 heteroatoms. The van der Waals surface area contributed by atoms with Crippen LogP contribution in [0.25, 0.3) is 11.3 Å². The summed E-state index contributed by atoms with van der Waals surface area (Å²) in [5.74, 6) is 1.60. The molecule has 1 N–H and O–H groups in total. The summed E-state index contributed by atoms with van der Waals surface area (Å²) >= 11 is 0. The standard InChI is InChI=1S/C21H23N3O5/c1-4-13-27-16-11-9-15(10-12-16)19-20(24-29-23-19)22-21(25)14(2)28-18-8-6-5-7-17(18)26-3/h5-12,14H,4,13H2,1-3H3,(H,22,24,25)/t14-/m1/s1. The quantitative estimate of drug-likeness (QED) is 0.584. The van der Waals surface area contributed by atoms with Gasteiger partial charge in [0.05, 0.1) is 13.7 Å². The Morgan fingerprint density at radius 1 is 1.10 bits per heavy atom. The number of rotatable bonds is 9. The summed E-state index contributed by atoms with van der Waals surface area (Å²) in [5.41, 5.74) is 1.16. The SMILES string of the molecule is CCCOc1ccc(-c2nonc2NC(=O)[C@@H](C)Oc2ccccc2OC)cc1. The van der Waals surface area contributed by atoms with Gasteiger partial charge < -0.3 is 19.5 Å². The zero-order valence-electron chi connectivity index (χ0n) is 16.5. The van der Waals surface area contributed by atoms with Crippen LogP contribution in [0.15, 0.2) is 53.2 Å². The first-order valence-electron chi connectivity index (χ1n) is 9.28. The number of benzene rings is 2. The summed E-state index contributed by atoms with van der Waals surface area (Å²) in [4.78, 5) is 12.6. The molecule has 0 bridgehead atoms. The van der Waals surface area contributed by atoms with Gasteiger partial charge in [-0.2, -0.15) is 0 Å². The summed E-state index contributed by atoms with van der Waals surface area (Å²) < 4.78 is 21.3. The summed E-state index contributed by atoms with van der Waals surface area (Å²) in [6, 6.07) is 14.4. The largest absolute Gasteiger partial charge is 0.494 e. The van der Waals surface area contributed by atoms with E-state index in [0.29, 0.717) is 23.8 Å². The van der Waals surface area contributed by atoms with Crippen molar-refractivity contribution in [1.82, 2.24) is 10.3 Å². The Kier molecular flexibility index (Phi) is 6.67. The molecule has 0 radical (unpaired) electrons. The van der Waals surface area contributed by atoms with Gasteiger partial charge in [0.15, 0.2) is 23.3 Å². The van der Waals surface area contributed by atoms with Gasteiger partial charge in [-0.05, 0) is 60.1 Å². The highest BCUT2D eigenvalue weighted by Gasteiger charge is 2.21. The predicted molar refractivity (Wildman–Crippen MR) is 107 cm³/mol.